The average Bonchev–Trinajstić information content (AvgIpc) is 2.55. The fraction of sp³-hybridized carbons (Fsp3) is 0.0556. The lowest BCUT2D eigenvalue weighted by atomic mass is 10.0. The third kappa shape index (κ3) is 3.38. The summed E-state index contributed by atoms with van der Waals surface area (Å²) in [6.07, 6.45) is 1.56. The number of nitrogens with zero attached hydrogens (tertiary/aromatic N) is 1. The number of hydrogen-bond donors (Lipinski definition) is 2. The quantitative estimate of drug-likeness (QED) is 0.713. The number of aryl methyl sites for hydroxylation is 1. The first-order valence-corrected chi connectivity index (χ1v) is 8.84. The van der Waals surface area contributed by atoms with Gasteiger partial charge in [-0.1, -0.05) is 30.3 Å². The third-order valence-electron chi connectivity index (χ3n) is 3.59. The van der Waals surface area contributed by atoms with Crippen LogP contribution in [0.15, 0.2) is 71.8 Å². The van der Waals surface area contributed by atoms with Gasteiger partial charge in [0, 0.05) is 23.1 Å². The fourth-order valence-corrected chi connectivity index (χ4v) is 3.45. The van der Waals surface area contributed by atoms with E-state index in [-0.39, 0.29) is 4.90 Å². The molecule has 3 aromatic rings. The van der Waals surface area contributed by atoms with Crippen molar-refractivity contribution in [2.45, 2.75) is 11.8 Å². The molecule has 0 spiro atoms. The minimum atomic E-state index is -3.65. The summed E-state index contributed by atoms with van der Waals surface area (Å²) in [4.78, 5) is 4.24. The van der Waals surface area contributed by atoms with E-state index >= 15 is 0 Å². The van der Waals surface area contributed by atoms with E-state index < -0.39 is 10.0 Å². The summed E-state index contributed by atoms with van der Waals surface area (Å²) in [5, 5.41) is 0. The molecule has 122 valence electrons. The molecular formula is C18H17N3O2S. The number of aromatic nitrogens is 1. The van der Waals surface area contributed by atoms with Crippen molar-refractivity contribution >= 4 is 21.4 Å². The number of pyridine rings is 1. The Balaban J connectivity index is 1.88. The number of sulfonamides is 1. The topological polar surface area (TPSA) is 85.1 Å². The van der Waals surface area contributed by atoms with E-state index in [1.807, 2.05) is 24.3 Å². The Morgan fingerprint density at radius 1 is 1.00 bits per heavy atom. The minimum Gasteiger partial charge on any atom is -0.398 e. The maximum atomic E-state index is 12.5. The zero-order valence-electron chi connectivity index (χ0n) is 13.1. The zero-order valence-corrected chi connectivity index (χ0v) is 13.9. The van der Waals surface area contributed by atoms with Crippen LogP contribution in [0.5, 0.6) is 0 Å². The van der Waals surface area contributed by atoms with E-state index in [0.717, 1.165) is 16.8 Å². The predicted molar refractivity (Wildman–Crippen MR) is 96.1 cm³/mol. The first-order chi connectivity index (χ1) is 11.5. The van der Waals surface area contributed by atoms with Gasteiger partial charge < -0.3 is 5.73 Å². The van der Waals surface area contributed by atoms with Crippen molar-refractivity contribution in [1.29, 1.82) is 0 Å². The highest BCUT2D eigenvalue weighted by molar-refractivity contribution is 7.92. The molecule has 0 fully saturated rings. The van der Waals surface area contributed by atoms with Gasteiger partial charge in [0.05, 0.1) is 10.6 Å². The van der Waals surface area contributed by atoms with E-state index in [1.165, 1.54) is 0 Å². The molecule has 0 saturated heterocycles. The van der Waals surface area contributed by atoms with Crippen molar-refractivity contribution in [3.8, 4) is 11.1 Å². The van der Waals surface area contributed by atoms with Crippen LogP contribution in [0.4, 0.5) is 11.4 Å². The second-order valence-electron chi connectivity index (χ2n) is 5.40. The van der Waals surface area contributed by atoms with Gasteiger partial charge in [-0.05, 0) is 42.8 Å². The summed E-state index contributed by atoms with van der Waals surface area (Å²) in [5.41, 5.74) is 9.58. The van der Waals surface area contributed by atoms with E-state index in [0.29, 0.717) is 11.4 Å². The molecule has 0 aliphatic carbocycles. The lowest BCUT2D eigenvalue weighted by molar-refractivity contribution is 0.601. The number of para-hydroxylation sites is 1. The summed E-state index contributed by atoms with van der Waals surface area (Å²) in [5.74, 6) is 0. The van der Waals surface area contributed by atoms with Gasteiger partial charge in [-0.2, -0.15) is 0 Å². The van der Waals surface area contributed by atoms with Crippen molar-refractivity contribution in [3.05, 3.63) is 72.6 Å². The third-order valence-corrected chi connectivity index (χ3v) is 4.98. The summed E-state index contributed by atoms with van der Waals surface area (Å²) in [6, 6.07) is 17.4. The highest BCUT2D eigenvalue weighted by Crippen LogP contribution is 2.27. The summed E-state index contributed by atoms with van der Waals surface area (Å²) < 4.78 is 27.5. The van der Waals surface area contributed by atoms with Crippen LogP contribution in [-0.4, -0.2) is 13.4 Å². The van der Waals surface area contributed by atoms with Crippen LogP contribution in [0.1, 0.15) is 5.69 Å². The molecule has 0 bridgehead atoms. The van der Waals surface area contributed by atoms with E-state index in [2.05, 4.69) is 9.71 Å². The summed E-state index contributed by atoms with van der Waals surface area (Å²) >= 11 is 0. The highest BCUT2D eigenvalue weighted by atomic mass is 32.2. The van der Waals surface area contributed by atoms with Gasteiger partial charge >= 0.3 is 0 Å². The Hall–Kier alpha value is -2.86. The van der Waals surface area contributed by atoms with Crippen molar-refractivity contribution in [2.75, 3.05) is 10.5 Å². The van der Waals surface area contributed by atoms with Crippen molar-refractivity contribution in [2.24, 2.45) is 0 Å². The molecule has 3 N–H and O–H groups in total. The van der Waals surface area contributed by atoms with Crippen molar-refractivity contribution < 1.29 is 8.42 Å². The number of anilines is 2. The molecule has 5 nitrogen and oxygen atoms in total. The van der Waals surface area contributed by atoms with Gasteiger partial charge in [-0.3, -0.25) is 9.71 Å². The summed E-state index contributed by atoms with van der Waals surface area (Å²) in [7, 11) is -3.65. The largest absolute Gasteiger partial charge is 0.398 e. The first kappa shape index (κ1) is 16.0. The number of nitrogen functional groups attached to an aromatic ring is 1. The number of hydrogen-bond acceptors (Lipinski definition) is 4. The second-order valence-corrected chi connectivity index (χ2v) is 7.09. The Morgan fingerprint density at radius 3 is 2.38 bits per heavy atom. The van der Waals surface area contributed by atoms with Crippen molar-refractivity contribution in [3.63, 3.8) is 0 Å². The Morgan fingerprint density at radius 2 is 1.71 bits per heavy atom. The smallest absolute Gasteiger partial charge is 0.261 e. The van der Waals surface area contributed by atoms with E-state index in [4.69, 9.17) is 5.73 Å². The fourth-order valence-electron chi connectivity index (χ4n) is 2.40. The number of benzene rings is 2. The number of nitrogens with two attached hydrogens (primary N) is 1. The van der Waals surface area contributed by atoms with E-state index in [1.54, 1.807) is 49.5 Å². The Bertz CT molecular complexity index is 968. The van der Waals surface area contributed by atoms with Gasteiger partial charge in [0.15, 0.2) is 0 Å². The molecule has 0 atom stereocenters. The highest BCUT2D eigenvalue weighted by Gasteiger charge is 2.14. The maximum absolute atomic E-state index is 12.5. The van der Waals surface area contributed by atoms with Crippen molar-refractivity contribution in [1.82, 2.24) is 4.98 Å². The Kier molecular flexibility index (Phi) is 4.22. The normalized spacial score (nSPS) is 11.2. The maximum Gasteiger partial charge on any atom is 0.261 e. The Labute approximate surface area is 141 Å². The van der Waals surface area contributed by atoms with Gasteiger partial charge in [-0.25, -0.2) is 8.42 Å². The molecule has 0 aliphatic heterocycles. The van der Waals surface area contributed by atoms with Gasteiger partial charge in [0.2, 0.25) is 0 Å². The molecule has 0 amide bonds. The molecule has 1 heterocycles. The van der Waals surface area contributed by atoms with Crippen LogP contribution in [0.3, 0.4) is 0 Å². The lowest BCUT2D eigenvalue weighted by Crippen LogP contribution is -2.13. The standard InChI is InChI=1S/C18H17N3O2S/c1-13-12-15(10-11-20-13)21-24(22,23)16-8-6-14(7-9-16)17-4-2-3-5-18(17)19/h2-12H,19H2,1H3,(H,20,21). The molecule has 1 aromatic heterocycles. The van der Waals surface area contributed by atoms with Crippen LogP contribution < -0.4 is 10.5 Å². The van der Waals surface area contributed by atoms with Gasteiger partial charge in [0.25, 0.3) is 10.0 Å². The number of nitrogens with one attached hydrogen (secondary N) is 1. The van der Waals surface area contributed by atoms with Crippen LogP contribution in [0.2, 0.25) is 0 Å². The van der Waals surface area contributed by atoms with Crippen LogP contribution >= 0.6 is 0 Å². The molecule has 24 heavy (non-hydrogen) atoms. The molecule has 2 aromatic carbocycles. The monoisotopic (exact) mass is 339 g/mol. The molecular weight excluding hydrogens is 322 g/mol. The number of rotatable bonds is 4. The molecule has 6 heteroatoms. The minimum absolute atomic E-state index is 0.190. The van der Waals surface area contributed by atoms with Crippen LogP contribution in [0, 0.1) is 6.92 Å². The molecule has 0 saturated carbocycles. The van der Waals surface area contributed by atoms with E-state index in [9.17, 15) is 8.42 Å². The molecule has 0 radical (unpaired) electrons. The van der Waals surface area contributed by atoms with Gasteiger partial charge in [0.1, 0.15) is 0 Å². The molecule has 0 aliphatic rings. The van der Waals surface area contributed by atoms with Crippen LogP contribution in [-0.2, 0) is 10.0 Å². The van der Waals surface area contributed by atoms with Gasteiger partial charge in [-0.15, -0.1) is 0 Å². The summed E-state index contributed by atoms with van der Waals surface area (Å²) in [6.45, 7) is 1.80. The molecule has 0 unspecified atom stereocenters. The molecule has 3 rings (SSSR count). The second kappa shape index (κ2) is 6.33. The first-order valence-electron chi connectivity index (χ1n) is 7.36. The van der Waals surface area contributed by atoms with Crippen LogP contribution in [0.25, 0.3) is 11.1 Å². The lowest BCUT2D eigenvalue weighted by Gasteiger charge is -2.10. The predicted octanol–water partition coefficient (Wildman–Crippen LogP) is 3.44. The zero-order chi connectivity index (χ0) is 17.2. The average molecular weight is 339 g/mol. The SMILES string of the molecule is Cc1cc(NS(=O)(=O)c2ccc(-c3ccccc3N)cc2)ccn1.